The average molecular weight is 254 g/mol. The first-order valence-electron chi connectivity index (χ1n) is 5.69. The van der Waals surface area contributed by atoms with Crippen molar-refractivity contribution < 1.29 is 4.79 Å². The van der Waals surface area contributed by atoms with E-state index >= 15 is 0 Å². The van der Waals surface area contributed by atoms with Crippen molar-refractivity contribution in [1.82, 2.24) is 10.2 Å². The van der Waals surface area contributed by atoms with Crippen molar-refractivity contribution in [2.24, 2.45) is 0 Å². The molecule has 5 heteroatoms. The number of anilines is 1. The summed E-state index contributed by atoms with van der Waals surface area (Å²) < 4.78 is 0. The first kappa shape index (κ1) is 12.2. The van der Waals surface area contributed by atoms with Crippen LogP contribution in [-0.2, 0) is 0 Å². The van der Waals surface area contributed by atoms with Crippen LogP contribution in [0, 0.1) is 0 Å². The quantitative estimate of drug-likeness (QED) is 0.838. The zero-order valence-corrected chi connectivity index (χ0v) is 10.5. The summed E-state index contributed by atoms with van der Waals surface area (Å²) in [5.74, 6) is 0.00796. The molecular weight excluding hydrogens is 238 g/mol. The number of rotatable bonds is 2. The van der Waals surface area contributed by atoms with Gasteiger partial charge in [0, 0.05) is 38.9 Å². The lowest BCUT2D eigenvalue weighted by atomic mass is 10.1. The molecule has 1 fully saturated rings. The Balaban J connectivity index is 2.22. The second-order valence-corrected chi connectivity index (χ2v) is 4.39. The summed E-state index contributed by atoms with van der Waals surface area (Å²) in [4.78, 5) is 14.1. The highest BCUT2D eigenvalue weighted by molar-refractivity contribution is 6.34. The predicted octanol–water partition coefficient (Wildman–Crippen LogP) is 1.43. The van der Waals surface area contributed by atoms with E-state index in [1.807, 2.05) is 18.0 Å². The van der Waals surface area contributed by atoms with E-state index in [0.717, 1.165) is 31.9 Å². The molecule has 0 aliphatic carbocycles. The Morgan fingerprint density at radius 1 is 1.41 bits per heavy atom. The summed E-state index contributed by atoms with van der Waals surface area (Å²) in [6.07, 6.45) is 0. The summed E-state index contributed by atoms with van der Waals surface area (Å²) in [6.45, 7) is 3.15. The molecular formula is C12H16ClN3O. The average Bonchev–Trinajstić information content (AvgIpc) is 2.39. The fraction of sp³-hybridized carbons (Fsp3) is 0.417. The van der Waals surface area contributed by atoms with E-state index in [1.54, 1.807) is 12.1 Å². The van der Waals surface area contributed by atoms with Crippen LogP contribution in [0.4, 0.5) is 5.69 Å². The maximum absolute atomic E-state index is 12.3. The summed E-state index contributed by atoms with van der Waals surface area (Å²) >= 11 is 6.08. The molecule has 1 saturated heterocycles. The smallest absolute Gasteiger partial charge is 0.255 e. The number of benzene rings is 1. The van der Waals surface area contributed by atoms with Gasteiger partial charge in [-0.1, -0.05) is 11.6 Å². The van der Waals surface area contributed by atoms with Crippen molar-refractivity contribution >= 4 is 23.2 Å². The maximum atomic E-state index is 12.3. The van der Waals surface area contributed by atoms with Gasteiger partial charge in [0.15, 0.2) is 0 Å². The molecule has 0 saturated carbocycles. The molecule has 0 aromatic heterocycles. The van der Waals surface area contributed by atoms with E-state index in [-0.39, 0.29) is 5.91 Å². The molecule has 4 nitrogen and oxygen atoms in total. The highest BCUT2D eigenvalue weighted by Gasteiger charge is 2.20. The van der Waals surface area contributed by atoms with Crippen LogP contribution < -0.4 is 10.6 Å². The topological polar surface area (TPSA) is 44.4 Å². The van der Waals surface area contributed by atoms with Gasteiger partial charge in [0.25, 0.3) is 5.91 Å². The molecule has 1 aliphatic rings. The highest BCUT2D eigenvalue weighted by Crippen LogP contribution is 2.22. The number of nitrogens with zero attached hydrogens (tertiary/aromatic N) is 1. The van der Waals surface area contributed by atoms with Crippen LogP contribution in [0.2, 0.25) is 5.02 Å². The fourth-order valence-corrected chi connectivity index (χ4v) is 2.08. The van der Waals surface area contributed by atoms with Gasteiger partial charge < -0.3 is 15.5 Å². The molecule has 1 amide bonds. The van der Waals surface area contributed by atoms with Crippen LogP contribution in [-0.4, -0.2) is 44.0 Å². The summed E-state index contributed by atoms with van der Waals surface area (Å²) in [5, 5.41) is 6.74. The molecule has 2 N–H and O–H groups in total. The number of nitrogens with one attached hydrogen (secondary N) is 2. The molecule has 0 atom stereocenters. The molecule has 1 heterocycles. The molecule has 0 radical (unpaired) electrons. The SMILES string of the molecule is CNc1ccc(Cl)c(C(=O)N2CCNCC2)c1. The zero-order chi connectivity index (χ0) is 12.3. The van der Waals surface area contributed by atoms with Crippen molar-refractivity contribution in [1.29, 1.82) is 0 Å². The summed E-state index contributed by atoms with van der Waals surface area (Å²) in [5.41, 5.74) is 1.47. The minimum Gasteiger partial charge on any atom is -0.388 e. The van der Waals surface area contributed by atoms with Gasteiger partial charge in [0.1, 0.15) is 0 Å². The number of piperazine rings is 1. The van der Waals surface area contributed by atoms with E-state index in [0.29, 0.717) is 10.6 Å². The van der Waals surface area contributed by atoms with E-state index in [2.05, 4.69) is 10.6 Å². The van der Waals surface area contributed by atoms with Crippen molar-refractivity contribution in [3.8, 4) is 0 Å². The minimum absolute atomic E-state index is 0.00796. The lowest BCUT2D eigenvalue weighted by Gasteiger charge is -2.27. The van der Waals surface area contributed by atoms with Crippen LogP contribution >= 0.6 is 11.6 Å². The predicted molar refractivity (Wildman–Crippen MR) is 69.8 cm³/mol. The van der Waals surface area contributed by atoms with Gasteiger partial charge in [0.2, 0.25) is 0 Å². The van der Waals surface area contributed by atoms with E-state index in [9.17, 15) is 4.79 Å². The van der Waals surface area contributed by atoms with Crippen LogP contribution in [0.5, 0.6) is 0 Å². The number of hydrogen-bond acceptors (Lipinski definition) is 3. The van der Waals surface area contributed by atoms with Crippen molar-refractivity contribution in [2.75, 3.05) is 38.5 Å². The highest BCUT2D eigenvalue weighted by atomic mass is 35.5. The monoisotopic (exact) mass is 253 g/mol. The van der Waals surface area contributed by atoms with Gasteiger partial charge in [-0.05, 0) is 18.2 Å². The Bertz CT molecular complexity index is 416. The lowest BCUT2D eigenvalue weighted by molar-refractivity contribution is 0.0736. The number of hydrogen-bond donors (Lipinski definition) is 2. The zero-order valence-electron chi connectivity index (χ0n) is 9.79. The molecule has 1 aliphatic heterocycles. The van der Waals surface area contributed by atoms with Crippen LogP contribution in [0.3, 0.4) is 0 Å². The molecule has 17 heavy (non-hydrogen) atoms. The second kappa shape index (κ2) is 5.38. The number of amides is 1. The van der Waals surface area contributed by atoms with Gasteiger partial charge in [-0.3, -0.25) is 4.79 Å². The largest absolute Gasteiger partial charge is 0.388 e. The Hall–Kier alpha value is -1.26. The minimum atomic E-state index is 0.00796. The van der Waals surface area contributed by atoms with Crippen LogP contribution in [0.15, 0.2) is 18.2 Å². The Labute approximate surface area is 106 Å². The standard InChI is InChI=1S/C12H16ClN3O/c1-14-9-2-3-11(13)10(8-9)12(17)16-6-4-15-5-7-16/h2-3,8,14-15H,4-7H2,1H3. The number of carbonyl (C=O) groups excluding carboxylic acids is 1. The van der Waals surface area contributed by atoms with Gasteiger partial charge in [0.05, 0.1) is 10.6 Å². The third kappa shape index (κ3) is 2.70. The number of halogens is 1. The van der Waals surface area contributed by atoms with Gasteiger partial charge >= 0.3 is 0 Å². The molecule has 1 aromatic carbocycles. The van der Waals surface area contributed by atoms with E-state index in [4.69, 9.17) is 11.6 Å². The van der Waals surface area contributed by atoms with Crippen molar-refractivity contribution in [3.05, 3.63) is 28.8 Å². The molecule has 0 bridgehead atoms. The van der Waals surface area contributed by atoms with Crippen LogP contribution in [0.1, 0.15) is 10.4 Å². The van der Waals surface area contributed by atoms with Gasteiger partial charge in [-0.2, -0.15) is 0 Å². The summed E-state index contributed by atoms with van der Waals surface area (Å²) in [7, 11) is 1.82. The Kier molecular flexibility index (Phi) is 3.86. The fourth-order valence-electron chi connectivity index (χ4n) is 1.88. The molecule has 0 unspecified atom stereocenters. The third-order valence-corrected chi connectivity index (χ3v) is 3.22. The Morgan fingerprint density at radius 3 is 2.76 bits per heavy atom. The normalized spacial score (nSPS) is 15.8. The van der Waals surface area contributed by atoms with E-state index in [1.165, 1.54) is 0 Å². The molecule has 1 aromatic rings. The van der Waals surface area contributed by atoms with E-state index < -0.39 is 0 Å². The van der Waals surface area contributed by atoms with Crippen molar-refractivity contribution in [2.45, 2.75) is 0 Å². The molecule has 92 valence electrons. The maximum Gasteiger partial charge on any atom is 0.255 e. The first-order valence-corrected chi connectivity index (χ1v) is 6.07. The molecule has 0 spiro atoms. The molecule has 2 rings (SSSR count). The van der Waals surface area contributed by atoms with Gasteiger partial charge in [-0.15, -0.1) is 0 Å². The third-order valence-electron chi connectivity index (χ3n) is 2.89. The summed E-state index contributed by atoms with van der Waals surface area (Å²) in [6, 6.07) is 5.41. The van der Waals surface area contributed by atoms with Crippen molar-refractivity contribution in [3.63, 3.8) is 0 Å². The first-order chi connectivity index (χ1) is 8.22. The Morgan fingerprint density at radius 2 is 2.12 bits per heavy atom. The number of carbonyl (C=O) groups is 1. The lowest BCUT2D eigenvalue weighted by Crippen LogP contribution is -2.46. The second-order valence-electron chi connectivity index (χ2n) is 3.99. The van der Waals surface area contributed by atoms with Gasteiger partial charge in [-0.25, -0.2) is 0 Å². The van der Waals surface area contributed by atoms with Crippen LogP contribution in [0.25, 0.3) is 0 Å².